The van der Waals surface area contributed by atoms with Gasteiger partial charge in [-0.25, -0.2) is 9.78 Å². The number of aromatic nitrogens is 2. The van der Waals surface area contributed by atoms with E-state index in [0.717, 1.165) is 5.52 Å². The van der Waals surface area contributed by atoms with Crippen molar-refractivity contribution in [1.82, 2.24) is 9.55 Å². The Morgan fingerprint density at radius 3 is 2.68 bits per heavy atom. The molecule has 0 spiro atoms. The molecular formula is C13H14Cl2N2O2. The Balaban J connectivity index is 2.72. The van der Waals surface area contributed by atoms with Crippen LogP contribution < -0.4 is 0 Å². The molecule has 1 aromatic heterocycles. The van der Waals surface area contributed by atoms with Gasteiger partial charge in [0.2, 0.25) is 0 Å². The first-order chi connectivity index (χ1) is 8.97. The molecule has 6 heteroatoms. The van der Waals surface area contributed by atoms with Crippen LogP contribution in [0.2, 0.25) is 5.02 Å². The third-order valence-electron chi connectivity index (χ3n) is 2.98. The van der Waals surface area contributed by atoms with Crippen molar-refractivity contribution in [3.63, 3.8) is 0 Å². The van der Waals surface area contributed by atoms with E-state index in [1.165, 1.54) is 7.11 Å². The van der Waals surface area contributed by atoms with Gasteiger partial charge in [0.25, 0.3) is 0 Å². The summed E-state index contributed by atoms with van der Waals surface area (Å²) in [6.45, 7) is 3.55. The van der Waals surface area contributed by atoms with Crippen LogP contribution in [-0.4, -0.2) is 22.6 Å². The number of ether oxygens (including phenoxy) is 1. The monoisotopic (exact) mass is 300 g/mol. The Kier molecular flexibility index (Phi) is 4.02. The molecule has 0 aliphatic rings. The van der Waals surface area contributed by atoms with Crippen molar-refractivity contribution >= 4 is 40.2 Å². The first kappa shape index (κ1) is 14.2. The molecule has 0 radical (unpaired) electrons. The molecule has 0 fully saturated rings. The van der Waals surface area contributed by atoms with Crippen LogP contribution in [0.1, 0.15) is 31.1 Å². The highest BCUT2D eigenvalue weighted by Gasteiger charge is 2.24. The third-order valence-corrected chi connectivity index (χ3v) is 3.48. The standard InChI is InChI=1S/C13H14Cl2N2O2/c1-7(14)12-16-11-9(15)5-4-6-10(11)17(12)8(2)13(18)19-3/h4-8H,1-3H3. The number of hydrogen-bond acceptors (Lipinski definition) is 3. The molecule has 0 saturated carbocycles. The zero-order valence-corrected chi connectivity index (χ0v) is 12.4. The van der Waals surface area contributed by atoms with E-state index < -0.39 is 6.04 Å². The first-order valence-electron chi connectivity index (χ1n) is 5.85. The molecule has 0 aliphatic heterocycles. The van der Waals surface area contributed by atoms with Gasteiger partial charge in [0.1, 0.15) is 17.4 Å². The number of para-hydroxylation sites is 1. The molecule has 2 rings (SSSR count). The summed E-state index contributed by atoms with van der Waals surface area (Å²) in [4.78, 5) is 16.2. The van der Waals surface area contributed by atoms with Gasteiger partial charge in [0.05, 0.1) is 23.0 Å². The van der Waals surface area contributed by atoms with E-state index in [1.807, 2.05) is 12.1 Å². The van der Waals surface area contributed by atoms with Crippen molar-refractivity contribution < 1.29 is 9.53 Å². The van der Waals surface area contributed by atoms with Crippen LogP contribution in [0.15, 0.2) is 18.2 Å². The summed E-state index contributed by atoms with van der Waals surface area (Å²) in [5.74, 6) is 0.250. The number of methoxy groups -OCH3 is 1. The SMILES string of the molecule is COC(=O)C(C)n1c(C(C)Cl)nc2c(Cl)cccc21. The topological polar surface area (TPSA) is 44.1 Å². The molecule has 0 bridgehead atoms. The molecule has 1 aromatic carbocycles. The second-order valence-electron chi connectivity index (χ2n) is 4.26. The molecule has 2 aromatic rings. The number of carbonyl (C=O) groups excluding carboxylic acids is 1. The van der Waals surface area contributed by atoms with Gasteiger partial charge in [-0.2, -0.15) is 0 Å². The Labute approximate surface area is 121 Å². The van der Waals surface area contributed by atoms with E-state index in [1.54, 1.807) is 24.5 Å². The van der Waals surface area contributed by atoms with Crippen molar-refractivity contribution in [2.24, 2.45) is 0 Å². The van der Waals surface area contributed by atoms with Crippen molar-refractivity contribution in [1.29, 1.82) is 0 Å². The lowest BCUT2D eigenvalue weighted by Gasteiger charge is -2.16. The fraction of sp³-hybridized carbons (Fsp3) is 0.385. The summed E-state index contributed by atoms with van der Waals surface area (Å²) >= 11 is 12.3. The molecule has 1 heterocycles. The van der Waals surface area contributed by atoms with E-state index in [0.29, 0.717) is 16.4 Å². The van der Waals surface area contributed by atoms with Crippen molar-refractivity contribution in [3.8, 4) is 0 Å². The Hall–Kier alpha value is -1.26. The quantitative estimate of drug-likeness (QED) is 0.641. The second-order valence-corrected chi connectivity index (χ2v) is 5.32. The lowest BCUT2D eigenvalue weighted by atomic mass is 10.2. The Morgan fingerprint density at radius 2 is 2.11 bits per heavy atom. The van der Waals surface area contributed by atoms with E-state index in [4.69, 9.17) is 27.9 Å². The first-order valence-corrected chi connectivity index (χ1v) is 6.67. The van der Waals surface area contributed by atoms with Crippen LogP contribution in [0.5, 0.6) is 0 Å². The number of nitrogens with zero attached hydrogens (tertiary/aromatic N) is 2. The molecule has 0 aliphatic carbocycles. The minimum absolute atomic E-state index is 0.337. The number of benzene rings is 1. The molecule has 0 amide bonds. The lowest BCUT2D eigenvalue weighted by molar-refractivity contribution is -0.143. The predicted molar refractivity (Wildman–Crippen MR) is 75.7 cm³/mol. The summed E-state index contributed by atoms with van der Waals surface area (Å²) in [6.07, 6.45) is 0. The maximum Gasteiger partial charge on any atom is 0.328 e. The van der Waals surface area contributed by atoms with E-state index >= 15 is 0 Å². The van der Waals surface area contributed by atoms with E-state index in [-0.39, 0.29) is 11.3 Å². The minimum atomic E-state index is -0.510. The normalized spacial score (nSPS) is 14.4. The molecule has 4 nitrogen and oxygen atoms in total. The van der Waals surface area contributed by atoms with Crippen LogP contribution in [0, 0.1) is 0 Å². The number of esters is 1. The molecule has 19 heavy (non-hydrogen) atoms. The highest BCUT2D eigenvalue weighted by Crippen LogP contribution is 2.31. The maximum atomic E-state index is 11.8. The zero-order valence-electron chi connectivity index (χ0n) is 10.9. The van der Waals surface area contributed by atoms with Crippen molar-refractivity contribution in [2.45, 2.75) is 25.3 Å². The predicted octanol–water partition coefficient (Wildman–Crippen LogP) is 3.72. The summed E-state index contributed by atoms with van der Waals surface area (Å²) in [7, 11) is 1.36. The van der Waals surface area contributed by atoms with Crippen LogP contribution >= 0.6 is 23.2 Å². The van der Waals surface area contributed by atoms with Gasteiger partial charge in [0, 0.05) is 0 Å². The molecule has 2 unspecified atom stereocenters. The largest absolute Gasteiger partial charge is 0.467 e. The summed E-state index contributed by atoms with van der Waals surface area (Å²) < 4.78 is 6.55. The molecule has 2 atom stereocenters. The number of carbonyl (C=O) groups is 1. The average Bonchev–Trinajstić information content (AvgIpc) is 2.78. The van der Waals surface area contributed by atoms with Gasteiger partial charge in [-0.3, -0.25) is 0 Å². The molecular weight excluding hydrogens is 287 g/mol. The van der Waals surface area contributed by atoms with Crippen molar-refractivity contribution in [2.75, 3.05) is 7.11 Å². The van der Waals surface area contributed by atoms with Gasteiger partial charge in [-0.1, -0.05) is 17.7 Å². The van der Waals surface area contributed by atoms with Gasteiger partial charge in [0.15, 0.2) is 0 Å². The highest BCUT2D eigenvalue weighted by molar-refractivity contribution is 6.35. The summed E-state index contributed by atoms with van der Waals surface area (Å²) in [5.41, 5.74) is 1.41. The zero-order chi connectivity index (χ0) is 14.2. The Bertz CT molecular complexity index is 622. The summed E-state index contributed by atoms with van der Waals surface area (Å²) in [6, 6.07) is 4.92. The fourth-order valence-corrected chi connectivity index (χ4v) is 2.43. The average molecular weight is 301 g/mol. The minimum Gasteiger partial charge on any atom is -0.467 e. The number of fused-ring (bicyclic) bond motifs is 1. The van der Waals surface area contributed by atoms with E-state index in [9.17, 15) is 4.79 Å². The van der Waals surface area contributed by atoms with Crippen LogP contribution in [0.4, 0.5) is 0 Å². The molecule has 0 saturated heterocycles. The van der Waals surface area contributed by atoms with Crippen LogP contribution in [0.3, 0.4) is 0 Å². The van der Waals surface area contributed by atoms with Crippen LogP contribution in [-0.2, 0) is 9.53 Å². The smallest absolute Gasteiger partial charge is 0.328 e. The number of hydrogen-bond donors (Lipinski definition) is 0. The highest BCUT2D eigenvalue weighted by atomic mass is 35.5. The molecule has 0 N–H and O–H groups in total. The molecule has 102 valence electrons. The van der Waals surface area contributed by atoms with Crippen LogP contribution in [0.25, 0.3) is 11.0 Å². The maximum absolute atomic E-state index is 11.8. The lowest BCUT2D eigenvalue weighted by Crippen LogP contribution is -2.20. The number of imidazole rings is 1. The number of alkyl halides is 1. The summed E-state index contributed by atoms with van der Waals surface area (Å²) in [5, 5.41) is 0.197. The van der Waals surface area contributed by atoms with Crippen molar-refractivity contribution in [3.05, 3.63) is 29.0 Å². The fourth-order valence-electron chi connectivity index (χ4n) is 2.06. The van der Waals surface area contributed by atoms with E-state index in [2.05, 4.69) is 4.98 Å². The second kappa shape index (κ2) is 5.39. The van der Waals surface area contributed by atoms with Gasteiger partial charge in [-0.15, -0.1) is 11.6 Å². The Morgan fingerprint density at radius 1 is 1.42 bits per heavy atom. The van der Waals surface area contributed by atoms with Gasteiger partial charge < -0.3 is 9.30 Å². The van der Waals surface area contributed by atoms with Gasteiger partial charge in [-0.05, 0) is 26.0 Å². The number of halogens is 2. The third kappa shape index (κ3) is 2.42. The number of rotatable bonds is 3. The van der Waals surface area contributed by atoms with Gasteiger partial charge >= 0.3 is 5.97 Å².